The highest BCUT2D eigenvalue weighted by atomic mass is 79.9. The van der Waals surface area contributed by atoms with Crippen molar-refractivity contribution < 1.29 is 0 Å². The minimum Gasteiger partial charge on any atom is -0.401 e. The fourth-order valence-electron chi connectivity index (χ4n) is 2.58. The van der Waals surface area contributed by atoms with Gasteiger partial charge in [0.15, 0.2) is 0 Å². The molecule has 0 aromatic heterocycles. The summed E-state index contributed by atoms with van der Waals surface area (Å²) in [5.41, 5.74) is 8.27. The molecule has 1 saturated carbocycles. The number of allylic oxidation sites excluding steroid dienone is 1. The topological polar surface area (TPSA) is 55.3 Å². The molecule has 3 nitrogen and oxygen atoms in total. The van der Waals surface area contributed by atoms with E-state index >= 15 is 0 Å². The van der Waals surface area contributed by atoms with E-state index in [9.17, 15) is 0 Å². The van der Waals surface area contributed by atoms with E-state index in [1.54, 1.807) is 5.01 Å². The second-order valence-corrected chi connectivity index (χ2v) is 6.18. The molecule has 0 amide bonds. The third-order valence-corrected chi connectivity index (χ3v) is 4.20. The Hall–Kier alpha value is -1.00. The van der Waals surface area contributed by atoms with E-state index in [1.165, 1.54) is 37.7 Å². The molecule has 1 aromatic rings. The predicted octanol–water partition coefficient (Wildman–Crippen LogP) is 3.51. The Labute approximate surface area is 123 Å². The Bertz CT molecular complexity index is 422. The Balaban J connectivity index is 1.91. The second-order valence-electron chi connectivity index (χ2n) is 5.26. The van der Waals surface area contributed by atoms with Crippen molar-refractivity contribution in [1.29, 1.82) is 0 Å². The van der Waals surface area contributed by atoms with Crippen molar-refractivity contribution in [2.75, 3.05) is 0 Å². The third-order valence-electron chi connectivity index (χ3n) is 3.67. The van der Waals surface area contributed by atoms with Crippen LogP contribution in [0, 0.1) is 5.92 Å². The minimum atomic E-state index is 0.518. The van der Waals surface area contributed by atoms with E-state index in [2.05, 4.69) is 28.1 Å². The van der Waals surface area contributed by atoms with Crippen LogP contribution < -0.4 is 11.6 Å². The Morgan fingerprint density at radius 3 is 2.47 bits per heavy atom. The average Bonchev–Trinajstić information content (AvgIpc) is 2.42. The number of hydrogen-bond acceptors (Lipinski definition) is 3. The Kier molecular flexibility index (Phi) is 5.28. The molecule has 4 N–H and O–H groups in total. The van der Waals surface area contributed by atoms with Gasteiger partial charge >= 0.3 is 0 Å². The molecule has 0 heterocycles. The first kappa shape index (κ1) is 14.4. The van der Waals surface area contributed by atoms with Gasteiger partial charge in [-0.1, -0.05) is 47.3 Å². The number of hydrogen-bond donors (Lipinski definition) is 2. The summed E-state index contributed by atoms with van der Waals surface area (Å²) in [6.07, 6.45) is 8.23. The number of rotatable bonds is 4. The van der Waals surface area contributed by atoms with Gasteiger partial charge in [0.2, 0.25) is 0 Å². The summed E-state index contributed by atoms with van der Waals surface area (Å²) < 4.78 is 1.08. The van der Waals surface area contributed by atoms with Crippen molar-refractivity contribution >= 4 is 15.9 Å². The van der Waals surface area contributed by atoms with Gasteiger partial charge in [-0.2, -0.15) is 0 Å². The molecule has 0 aliphatic heterocycles. The highest BCUT2D eigenvalue weighted by Gasteiger charge is 2.16. The van der Waals surface area contributed by atoms with Gasteiger partial charge < -0.3 is 10.7 Å². The van der Waals surface area contributed by atoms with Crippen LogP contribution in [0.4, 0.5) is 0 Å². The normalized spacial score (nSPS) is 17.5. The molecular formula is C15H22BrN3. The van der Waals surface area contributed by atoms with Gasteiger partial charge in [0.25, 0.3) is 0 Å². The van der Waals surface area contributed by atoms with Crippen molar-refractivity contribution in [3.8, 4) is 0 Å². The largest absolute Gasteiger partial charge is 0.401 e. The van der Waals surface area contributed by atoms with Gasteiger partial charge in [0.05, 0.1) is 6.54 Å². The highest BCUT2D eigenvalue weighted by molar-refractivity contribution is 9.10. The van der Waals surface area contributed by atoms with Crippen LogP contribution in [0.25, 0.3) is 0 Å². The first-order valence-electron chi connectivity index (χ1n) is 6.88. The molecule has 104 valence electrons. The summed E-state index contributed by atoms with van der Waals surface area (Å²) in [6, 6.07) is 8.18. The Morgan fingerprint density at radius 1 is 1.21 bits per heavy atom. The van der Waals surface area contributed by atoms with E-state index in [4.69, 9.17) is 11.6 Å². The first-order chi connectivity index (χ1) is 9.15. The predicted molar refractivity (Wildman–Crippen MR) is 82.7 cm³/mol. The van der Waals surface area contributed by atoms with Crippen LogP contribution >= 0.6 is 15.9 Å². The van der Waals surface area contributed by atoms with E-state index in [-0.39, 0.29) is 0 Å². The lowest BCUT2D eigenvalue weighted by Crippen LogP contribution is -2.28. The summed E-state index contributed by atoms with van der Waals surface area (Å²) in [4.78, 5) is 0. The van der Waals surface area contributed by atoms with Crippen LogP contribution in [-0.4, -0.2) is 5.01 Å². The molecule has 0 atom stereocenters. The first-order valence-corrected chi connectivity index (χ1v) is 7.67. The molecular weight excluding hydrogens is 302 g/mol. The van der Waals surface area contributed by atoms with Gasteiger partial charge in [-0.15, -0.1) is 0 Å². The van der Waals surface area contributed by atoms with Gasteiger partial charge in [-0.25, -0.2) is 5.84 Å². The zero-order valence-corrected chi connectivity index (χ0v) is 12.8. The quantitative estimate of drug-likeness (QED) is 0.658. The molecule has 0 spiro atoms. The monoisotopic (exact) mass is 323 g/mol. The zero-order chi connectivity index (χ0) is 13.7. The lowest BCUT2D eigenvalue weighted by molar-refractivity contribution is 0.358. The molecule has 0 bridgehead atoms. The second kappa shape index (κ2) is 6.96. The van der Waals surface area contributed by atoms with Crippen molar-refractivity contribution in [2.24, 2.45) is 17.5 Å². The lowest BCUT2D eigenvalue weighted by atomic mass is 9.87. The smallest absolute Gasteiger partial charge is 0.0586 e. The molecule has 19 heavy (non-hydrogen) atoms. The van der Waals surface area contributed by atoms with E-state index in [0.717, 1.165) is 10.2 Å². The summed E-state index contributed by atoms with van der Waals surface area (Å²) >= 11 is 3.43. The standard InChI is InChI=1S/C15H22BrN3/c16-14-8-6-12(7-9-14)10-19(18)11-15(17)13-4-2-1-3-5-13/h6-9,11,13H,1-5,10,17-18H2/b15-11-. The third kappa shape index (κ3) is 4.55. The summed E-state index contributed by atoms with van der Waals surface area (Å²) in [7, 11) is 0. The SMILES string of the molecule is N/C(=C\N(N)Cc1ccc(Br)cc1)C1CCCCC1. The average molecular weight is 324 g/mol. The number of halogens is 1. The van der Waals surface area contributed by atoms with Gasteiger partial charge in [0.1, 0.15) is 0 Å². The lowest BCUT2D eigenvalue weighted by Gasteiger charge is -2.24. The fourth-order valence-corrected chi connectivity index (χ4v) is 2.84. The maximum Gasteiger partial charge on any atom is 0.0586 e. The van der Waals surface area contributed by atoms with Crippen LogP contribution in [-0.2, 0) is 6.54 Å². The molecule has 0 unspecified atom stereocenters. The number of nitrogens with zero attached hydrogens (tertiary/aromatic N) is 1. The van der Waals surface area contributed by atoms with Crippen LogP contribution in [0.2, 0.25) is 0 Å². The van der Waals surface area contributed by atoms with Crippen LogP contribution in [0.1, 0.15) is 37.7 Å². The van der Waals surface area contributed by atoms with E-state index in [1.807, 2.05) is 18.3 Å². The minimum absolute atomic E-state index is 0.518. The van der Waals surface area contributed by atoms with Crippen molar-refractivity contribution in [1.82, 2.24) is 5.01 Å². The Morgan fingerprint density at radius 2 is 1.84 bits per heavy atom. The maximum absolute atomic E-state index is 6.16. The van der Waals surface area contributed by atoms with Gasteiger partial charge in [-0.3, -0.25) is 0 Å². The number of benzene rings is 1. The van der Waals surface area contributed by atoms with Crippen molar-refractivity contribution in [3.63, 3.8) is 0 Å². The van der Waals surface area contributed by atoms with Gasteiger partial charge in [-0.05, 0) is 36.5 Å². The molecule has 0 radical (unpaired) electrons. The highest BCUT2D eigenvalue weighted by Crippen LogP contribution is 2.27. The maximum atomic E-state index is 6.16. The summed E-state index contributed by atoms with van der Waals surface area (Å²) in [5.74, 6) is 6.53. The summed E-state index contributed by atoms with van der Waals surface area (Å²) in [5, 5.41) is 1.69. The van der Waals surface area contributed by atoms with Gasteiger partial charge in [0, 0.05) is 16.4 Å². The number of hydrazine groups is 1. The molecule has 2 rings (SSSR count). The molecule has 4 heteroatoms. The molecule has 0 saturated heterocycles. The zero-order valence-electron chi connectivity index (χ0n) is 11.2. The van der Waals surface area contributed by atoms with Crippen molar-refractivity contribution in [2.45, 2.75) is 38.6 Å². The summed E-state index contributed by atoms with van der Waals surface area (Å²) in [6.45, 7) is 0.681. The molecule has 1 aromatic carbocycles. The van der Waals surface area contributed by atoms with Crippen molar-refractivity contribution in [3.05, 3.63) is 46.2 Å². The molecule has 1 aliphatic rings. The van der Waals surface area contributed by atoms with Crippen LogP contribution in [0.15, 0.2) is 40.6 Å². The van der Waals surface area contributed by atoms with E-state index < -0.39 is 0 Å². The fraction of sp³-hybridized carbons (Fsp3) is 0.467. The molecule has 1 aliphatic carbocycles. The molecule has 1 fully saturated rings. The van der Waals surface area contributed by atoms with E-state index in [0.29, 0.717) is 12.5 Å². The number of nitrogens with two attached hydrogens (primary N) is 2. The van der Waals surface area contributed by atoms with Crippen LogP contribution in [0.3, 0.4) is 0 Å². The van der Waals surface area contributed by atoms with Crippen LogP contribution in [0.5, 0.6) is 0 Å².